The number of hydrogen-bond acceptors (Lipinski definition) is 2. The van der Waals surface area contributed by atoms with E-state index in [0.29, 0.717) is 0 Å². The number of hydrogen-bond donors (Lipinski definition) is 0. The number of furan rings is 2. The monoisotopic (exact) mass is 514 g/mol. The van der Waals surface area contributed by atoms with Gasteiger partial charge in [0.25, 0.3) is 0 Å². The Bertz CT molecular complexity index is 2130. The van der Waals surface area contributed by atoms with Gasteiger partial charge < -0.3 is 8.83 Å². The summed E-state index contributed by atoms with van der Waals surface area (Å²) in [4.78, 5) is 0. The molecule has 0 radical (unpaired) electrons. The Morgan fingerprint density at radius 1 is 0.325 bits per heavy atom. The van der Waals surface area contributed by atoms with E-state index in [9.17, 15) is 0 Å². The predicted molar refractivity (Wildman–Crippen MR) is 165 cm³/mol. The van der Waals surface area contributed by atoms with Crippen LogP contribution >= 0.6 is 0 Å². The summed E-state index contributed by atoms with van der Waals surface area (Å²) in [5.74, 6) is 0. The number of benzene rings is 6. The van der Waals surface area contributed by atoms with Crippen LogP contribution in [0.3, 0.4) is 0 Å². The summed E-state index contributed by atoms with van der Waals surface area (Å²) < 4.78 is 12.7. The van der Waals surface area contributed by atoms with Crippen LogP contribution in [-0.4, -0.2) is 0 Å². The van der Waals surface area contributed by atoms with Crippen molar-refractivity contribution in [2.45, 2.75) is 12.8 Å². The second-order valence-electron chi connectivity index (χ2n) is 10.6. The van der Waals surface area contributed by atoms with Crippen molar-refractivity contribution < 1.29 is 8.83 Å². The maximum absolute atomic E-state index is 6.34. The molecule has 40 heavy (non-hydrogen) atoms. The summed E-state index contributed by atoms with van der Waals surface area (Å²) in [5.41, 5.74) is 11.1. The van der Waals surface area contributed by atoms with Gasteiger partial charge in [-0.1, -0.05) is 97.1 Å². The predicted octanol–water partition coefficient (Wildman–Crippen LogP) is 10.3. The van der Waals surface area contributed by atoms with Crippen LogP contribution in [0.25, 0.3) is 55.0 Å². The molecule has 0 N–H and O–H groups in total. The van der Waals surface area contributed by atoms with Gasteiger partial charge in [-0.2, -0.15) is 0 Å². The van der Waals surface area contributed by atoms with Gasteiger partial charge in [-0.05, 0) is 82.6 Å². The summed E-state index contributed by atoms with van der Waals surface area (Å²) in [6, 6.07) is 47.3. The fourth-order valence-electron chi connectivity index (χ4n) is 5.86. The second-order valence-corrected chi connectivity index (χ2v) is 10.6. The number of rotatable bonds is 5. The van der Waals surface area contributed by atoms with Crippen molar-refractivity contribution >= 4 is 43.9 Å². The molecule has 0 unspecified atom stereocenters. The minimum Gasteiger partial charge on any atom is -0.456 e. The molecule has 190 valence electrons. The summed E-state index contributed by atoms with van der Waals surface area (Å²) in [7, 11) is 0. The zero-order chi connectivity index (χ0) is 26.5. The molecule has 0 atom stereocenters. The third kappa shape index (κ3) is 4.06. The minimum absolute atomic E-state index is 0.883. The van der Waals surface area contributed by atoms with E-state index in [4.69, 9.17) is 8.83 Å². The van der Waals surface area contributed by atoms with Crippen molar-refractivity contribution in [3.8, 4) is 11.1 Å². The van der Waals surface area contributed by atoms with Crippen LogP contribution in [0, 0.1) is 0 Å². The first kappa shape index (κ1) is 22.9. The number of fused-ring (bicyclic) bond motifs is 6. The summed E-state index contributed by atoms with van der Waals surface area (Å²) in [6.07, 6.45) is 1.83. The van der Waals surface area contributed by atoms with Gasteiger partial charge in [0.1, 0.15) is 22.3 Å². The second kappa shape index (κ2) is 9.29. The van der Waals surface area contributed by atoms with Crippen LogP contribution in [0.4, 0.5) is 0 Å². The Kier molecular flexibility index (Phi) is 5.31. The molecule has 0 aliphatic rings. The first-order valence-corrected chi connectivity index (χ1v) is 13.8. The molecule has 0 saturated carbocycles. The van der Waals surface area contributed by atoms with Gasteiger partial charge in [0.2, 0.25) is 0 Å². The van der Waals surface area contributed by atoms with Gasteiger partial charge >= 0.3 is 0 Å². The van der Waals surface area contributed by atoms with E-state index < -0.39 is 0 Å². The Morgan fingerprint density at radius 2 is 0.775 bits per heavy atom. The molecule has 2 nitrogen and oxygen atoms in total. The van der Waals surface area contributed by atoms with E-state index in [1.807, 2.05) is 0 Å². The molecule has 0 bridgehead atoms. The molecule has 2 heterocycles. The van der Waals surface area contributed by atoms with Crippen molar-refractivity contribution in [1.82, 2.24) is 0 Å². The molecule has 6 aromatic carbocycles. The lowest BCUT2D eigenvalue weighted by Gasteiger charge is -2.05. The SMILES string of the molecule is c1ccc(Cc2ccc(-c3ccc4oc5cc6c(cc5c4c3)oc3ccc(Cc4ccccc4)cc36)cc2)cc1. The molecule has 0 aliphatic carbocycles. The molecular weight excluding hydrogens is 488 g/mol. The smallest absolute Gasteiger partial charge is 0.136 e. The Balaban J connectivity index is 1.16. The molecule has 0 spiro atoms. The van der Waals surface area contributed by atoms with Gasteiger partial charge in [-0.25, -0.2) is 0 Å². The maximum Gasteiger partial charge on any atom is 0.136 e. The zero-order valence-electron chi connectivity index (χ0n) is 21.9. The van der Waals surface area contributed by atoms with Crippen LogP contribution in [0.2, 0.25) is 0 Å². The van der Waals surface area contributed by atoms with E-state index in [-0.39, 0.29) is 0 Å². The third-order valence-corrected chi connectivity index (χ3v) is 7.91. The molecule has 2 heteroatoms. The average Bonchev–Trinajstić information content (AvgIpc) is 3.54. The zero-order valence-corrected chi connectivity index (χ0v) is 21.9. The van der Waals surface area contributed by atoms with Gasteiger partial charge in [-0.3, -0.25) is 0 Å². The van der Waals surface area contributed by atoms with Crippen LogP contribution in [0.5, 0.6) is 0 Å². The van der Waals surface area contributed by atoms with Crippen LogP contribution < -0.4 is 0 Å². The fourth-order valence-corrected chi connectivity index (χ4v) is 5.86. The van der Waals surface area contributed by atoms with Crippen molar-refractivity contribution in [3.05, 3.63) is 156 Å². The van der Waals surface area contributed by atoms with E-state index in [1.54, 1.807) is 0 Å². The highest BCUT2D eigenvalue weighted by atomic mass is 16.3. The largest absolute Gasteiger partial charge is 0.456 e. The Morgan fingerprint density at radius 3 is 1.40 bits per heavy atom. The third-order valence-electron chi connectivity index (χ3n) is 7.91. The van der Waals surface area contributed by atoms with Crippen LogP contribution in [0.1, 0.15) is 22.3 Å². The van der Waals surface area contributed by atoms with Crippen molar-refractivity contribution in [2.24, 2.45) is 0 Å². The highest BCUT2D eigenvalue weighted by molar-refractivity contribution is 6.15. The van der Waals surface area contributed by atoms with Crippen molar-refractivity contribution in [3.63, 3.8) is 0 Å². The lowest BCUT2D eigenvalue weighted by Crippen LogP contribution is -1.87. The highest BCUT2D eigenvalue weighted by Gasteiger charge is 2.15. The molecule has 2 aromatic heterocycles. The quantitative estimate of drug-likeness (QED) is 0.228. The molecule has 0 fully saturated rings. The Hall–Kier alpha value is -5.08. The van der Waals surface area contributed by atoms with E-state index in [2.05, 4.69) is 133 Å². The van der Waals surface area contributed by atoms with Gasteiger partial charge in [0.15, 0.2) is 0 Å². The topological polar surface area (TPSA) is 26.3 Å². The molecule has 8 aromatic rings. The molecule has 0 saturated heterocycles. The molecule has 8 rings (SSSR count). The van der Waals surface area contributed by atoms with Crippen molar-refractivity contribution in [1.29, 1.82) is 0 Å². The van der Waals surface area contributed by atoms with Gasteiger partial charge in [-0.15, -0.1) is 0 Å². The molecular formula is C38H26O2. The average molecular weight is 515 g/mol. The van der Waals surface area contributed by atoms with Crippen LogP contribution in [0.15, 0.2) is 142 Å². The first-order chi connectivity index (χ1) is 19.8. The maximum atomic E-state index is 6.34. The highest BCUT2D eigenvalue weighted by Crippen LogP contribution is 2.38. The van der Waals surface area contributed by atoms with E-state index in [1.165, 1.54) is 33.4 Å². The van der Waals surface area contributed by atoms with Crippen molar-refractivity contribution in [2.75, 3.05) is 0 Å². The lowest BCUT2D eigenvalue weighted by molar-refractivity contribution is 0.664. The van der Waals surface area contributed by atoms with E-state index in [0.717, 1.165) is 56.7 Å². The minimum atomic E-state index is 0.883. The normalized spacial score (nSPS) is 11.7. The molecule has 0 amide bonds. The lowest BCUT2D eigenvalue weighted by atomic mass is 9.99. The summed E-state index contributed by atoms with van der Waals surface area (Å²) in [5, 5.41) is 4.40. The van der Waals surface area contributed by atoms with Gasteiger partial charge in [0, 0.05) is 21.5 Å². The van der Waals surface area contributed by atoms with E-state index >= 15 is 0 Å². The van der Waals surface area contributed by atoms with Gasteiger partial charge in [0.05, 0.1) is 0 Å². The fraction of sp³-hybridized carbons (Fsp3) is 0.0526. The van der Waals surface area contributed by atoms with Crippen LogP contribution in [-0.2, 0) is 12.8 Å². The molecule has 0 aliphatic heterocycles. The summed E-state index contributed by atoms with van der Waals surface area (Å²) >= 11 is 0. The first-order valence-electron chi connectivity index (χ1n) is 13.8. The summed E-state index contributed by atoms with van der Waals surface area (Å²) in [6.45, 7) is 0. The standard InChI is InChI=1S/C38H26O2/c1-3-7-25(8-4-1)19-27-11-14-29(15-12-27)30-16-18-36-32(22-30)34-24-37-33(23-38(34)40-36)31-21-28(13-17-35(31)39-37)20-26-9-5-2-6-10-26/h1-18,21-24H,19-20H2. The Labute approximate surface area is 232 Å².